The second kappa shape index (κ2) is 6.39. The summed E-state index contributed by atoms with van der Waals surface area (Å²) in [6.45, 7) is 14.5. The van der Waals surface area contributed by atoms with Crippen molar-refractivity contribution in [3.63, 3.8) is 0 Å². The maximum Gasteiger partial charge on any atom is 0.404 e. The smallest absolute Gasteiger partial charge is 0.404 e. The topological polar surface area (TPSA) is 49.3 Å². The molecule has 3 nitrogen and oxygen atoms in total. The van der Waals surface area contributed by atoms with Crippen LogP contribution in [0.1, 0.15) is 16.7 Å². The zero-order chi connectivity index (χ0) is 19.3. The van der Waals surface area contributed by atoms with Crippen molar-refractivity contribution in [3.8, 4) is 11.1 Å². The van der Waals surface area contributed by atoms with Gasteiger partial charge in [0.2, 0.25) is 0 Å². The zero-order valence-electron chi connectivity index (χ0n) is 16.7. The van der Waals surface area contributed by atoms with Gasteiger partial charge < -0.3 is 10.4 Å². The third-order valence-corrected chi connectivity index (χ3v) is 9.41. The van der Waals surface area contributed by atoms with Gasteiger partial charge in [-0.3, -0.25) is 0 Å². The number of hydrogen-bond acceptors (Lipinski definition) is 1. The Morgan fingerprint density at radius 2 is 1.65 bits per heavy atom. The van der Waals surface area contributed by atoms with Crippen molar-refractivity contribution in [2.75, 3.05) is 0 Å². The highest BCUT2D eigenvalue weighted by Gasteiger charge is 2.29. The lowest BCUT2D eigenvalue weighted by atomic mass is 10.0. The van der Waals surface area contributed by atoms with E-state index in [1.807, 2.05) is 0 Å². The van der Waals surface area contributed by atoms with Gasteiger partial charge in [0.25, 0.3) is 0 Å². The average molecular weight is 384 g/mol. The number of fused-ring (bicyclic) bond motifs is 3. The Bertz CT molecular complexity index is 877. The molecule has 5 heteroatoms. The van der Waals surface area contributed by atoms with Gasteiger partial charge in [0.05, 0.1) is 16.1 Å². The predicted octanol–water partition coefficient (Wildman–Crippen LogP) is 4.12. The summed E-state index contributed by atoms with van der Waals surface area (Å²) >= 11 is 0. The maximum atomic E-state index is 11.1. The molecule has 2 aromatic rings. The van der Waals surface area contributed by atoms with Gasteiger partial charge in [0.15, 0.2) is 0 Å². The Hall–Kier alpha value is -1.86. The van der Waals surface area contributed by atoms with Crippen molar-refractivity contribution in [1.29, 1.82) is 0 Å². The molecular weight excluding hydrogens is 354 g/mol. The Labute approximate surface area is 158 Å². The van der Waals surface area contributed by atoms with Crippen LogP contribution in [0.15, 0.2) is 30.3 Å². The van der Waals surface area contributed by atoms with Crippen molar-refractivity contribution in [2.45, 2.75) is 52.2 Å². The first-order chi connectivity index (χ1) is 12.0. The summed E-state index contributed by atoms with van der Waals surface area (Å²) in [5, 5.41) is 14.6. The minimum atomic E-state index is -1.56. The molecule has 0 radical (unpaired) electrons. The van der Waals surface area contributed by atoms with Crippen molar-refractivity contribution in [3.05, 3.63) is 47.0 Å². The fourth-order valence-corrected chi connectivity index (χ4v) is 6.79. The molecule has 0 aliphatic heterocycles. The van der Waals surface area contributed by atoms with Crippen LogP contribution < -0.4 is 15.7 Å². The van der Waals surface area contributed by atoms with Gasteiger partial charge in [-0.25, -0.2) is 4.79 Å². The molecule has 1 aliphatic carbocycles. The second-order valence-electron chi connectivity index (χ2n) is 9.33. The third-order valence-electron chi connectivity index (χ3n) is 5.28. The van der Waals surface area contributed by atoms with E-state index < -0.39 is 22.2 Å². The van der Waals surface area contributed by atoms with Crippen LogP contribution >= 0.6 is 0 Å². The molecule has 1 aliphatic rings. The Morgan fingerprint density at radius 1 is 1.00 bits per heavy atom. The zero-order valence-corrected chi connectivity index (χ0v) is 18.7. The summed E-state index contributed by atoms with van der Waals surface area (Å²) < 4.78 is 0. The molecule has 0 spiro atoms. The van der Waals surface area contributed by atoms with E-state index in [9.17, 15) is 4.79 Å². The van der Waals surface area contributed by atoms with Crippen LogP contribution in [0.5, 0.6) is 0 Å². The first kappa shape index (κ1) is 18.9. The van der Waals surface area contributed by atoms with E-state index in [1.165, 1.54) is 38.2 Å². The third kappa shape index (κ3) is 3.51. The van der Waals surface area contributed by atoms with Crippen LogP contribution in [-0.2, 0) is 13.0 Å². The average Bonchev–Trinajstić information content (AvgIpc) is 2.88. The lowest BCUT2D eigenvalue weighted by molar-refractivity contribution is 0.194. The van der Waals surface area contributed by atoms with Crippen LogP contribution in [0, 0.1) is 0 Å². The SMILES string of the molecule is C[Si](C)(C)c1ccc2c(c1)Cc1c-2ccc([Si](C)(C)C)c1CNC(=O)O. The molecule has 0 bridgehead atoms. The van der Waals surface area contributed by atoms with Crippen molar-refractivity contribution < 1.29 is 9.90 Å². The normalized spacial score (nSPS) is 13.3. The molecule has 2 N–H and O–H groups in total. The van der Waals surface area contributed by atoms with Gasteiger partial charge in [0, 0.05) is 6.54 Å². The molecule has 2 aromatic carbocycles. The minimum Gasteiger partial charge on any atom is -0.465 e. The summed E-state index contributed by atoms with van der Waals surface area (Å²) in [6.07, 6.45) is -0.0431. The largest absolute Gasteiger partial charge is 0.465 e. The summed E-state index contributed by atoms with van der Waals surface area (Å²) in [5.74, 6) is 0. The molecular formula is C21H29NO2Si2. The van der Waals surface area contributed by atoms with Gasteiger partial charge in [-0.1, -0.05) is 80.0 Å². The number of carboxylic acid groups (broad SMARTS) is 1. The van der Waals surface area contributed by atoms with E-state index in [2.05, 4.69) is 74.9 Å². The summed E-state index contributed by atoms with van der Waals surface area (Å²) in [5.41, 5.74) is 6.52. The minimum absolute atomic E-state index is 0.396. The molecule has 0 atom stereocenters. The lowest BCUT2D eigenvalue weighted by Gasteiger charge is -2.23. The Kier molecular flexibility index (Phi) is 4.65. The van der Waals surface area contributed by atoms with Crippen molar-refractivity contribution in [1.82, 2.24) is 5.32 Å². The molecule has 3 rings (SSSR count). The van der Waals surface area contributed by atoms with Crippen LogP contribution in [0.25, 0.3) is 11.1 Å². The molecule has 0 fully saturated rings. The maximum absolute atomic E-state index is 11.1. The molecule has 1 amide bonds. The number of nitrogens with one attached hydrogen (secondary N) is 1. The summed E-state index contributed by atoms with van der Waals surface area (Å²) in [4.78, 5) is 11.1. The molecule has 0 aromatic heterocycles. The van der Waals surface area contributed by atoms with Gasteiger partial charge in [-0.2, -0.15) is 0 Å². The molecule has 0 saturated heterocycles. The highest BCUT2D eigenvalue weighted by atomic mass is 28.3. The van der Waals surface area contributed by atoms with E-state index >= 15 is 0 Å². The van der Waals surface area contributed by atoms with Crippen LogP contribution in [0.3, 0.4) is 0 Å². The number of amides is 1. The summed E-state index contributed by atoms with van der Waals surface area (Å²) in [7, 11) is -2.91. The number of hydrogen-bond donors (Lipinski definition) is 2. The predicted molar refractivity (Wildman–Crippen MR) is 116 cm³/mol. The van der Waals surface area contributed by atoms with Crippen LogP contribution in [-0.4, -0.2) is 27.3 Å². The summed E-state index contributed by atoms with van der Waals surface area (Å²) in [6, 6.07) is 11.5. The standard InChI is InChI=1S/C21H29NO2Si2/c1-25(2,3)15-7-8-16-14(11-15)12-18-17(16)9-10-20(26(4,5)6)19(18)13-22-21(23)24/h7-11,22H,12-13H2,1-6H3,(H,23,24). The molecule has 138 valence electrons. The van der Waals surface area contributed by atoms with Crippen molar-refractivity contribution in [2.24, 2.45) is 0 Å². The monoisotopic (exact) mass is 383 g/mol. The fraction of sp³-hybridized carbons (Fsp3) is 0.381. The van der Waals surface area contributed by atoms with E-state index in [-0.39, 0.29) is 0 Å². The van der Waals surface area contributed by atoms with Gasteiger partial charge in [-0.05, 0) is 34.2 Å². The van der Waals surface area contributed by atoms with E-state index in [0.29, 0.717) is 6.54 Å². The first-order valence-electron chi connectivity index (χ1n) is 9.24. The van der Waals surface area contributed by atoms with Crippen molar-refractivity contribution >= 4 is 32.6 Å². The fourth-order valence-electron chi connectivity index (χ4n) is 3.88. The molecule has 0 unspecified atom stereocenters. The molecule has 26 heavy (non-hydrogen) atoms. The highest BCUT2D eigenvalue weighted by Crippen LogP contribution is 2.38. The van der Waals surface area contributed by atoms with Gasteiger partial charge in [0.1, 0.15) is 0 Å². The van der Waals surface area contributed by atoms with Gasteiger partial charge >= 0.3 is 6.09 Å². The van der Waals surface area contributed by atoms with E-state index in [1.54, 1.807) is 0 Å². The molecule has 0 heterocycles. The quantitative estimate of drug-likeness (QED) is 0.666. The number of rotatable bonds is 4. The lowest BCUT2D eigenvalue weighted by Crippen LogP contribution is -2.42. The number of benzene rings is 2. The van der Waals surface area contributed by atoms with Crippen LogP contribution in [0.2, 0.25) is 39.3 Å². The Morgan fingerprint density at radius 3 is 2.23 bits per heavy atom. The second-order valence-corrected chi connectivity index (χ2v) is 19.4. The van der Waals surface area contributed by atoms with E-state index in [4.69, 9.17) is 5.11 Å². The Balaban J connectivity index is 2.12. The number of carbonyl (C=O) groups is 1. The van der Waals surface area contributed by atoms with Crippen LogP contribution in [0.4, 0.5) is 4.79 Å². The van der Waals surface area contributed by atoms with Gasteiger partial charge in [-0.15, -0.1) is 0 Å². The van der Waals surface area contributed by atoms with E-state index in [0.717, 1.165) is 6.42 Å². The highest BCUT2D eigenvalue weighted by molar-refractivity contribution is 6.89. The molecule has 0 saturated carbocycles. The first-order valence-corrected chi connectivity index (χ1v) is 16.2.